The molecule has 0 bridgehead atoms. The van der Waals surface area contributed by atoms with Gasteiger partial charge in [-0.1, -0.05) is 0 Å². The van der Waals surface area contributed by atoms with Crippen LogP contribution in [0, 0.1) is 13.8 Å². The highest BCUT2D eigenvalue weighted by molar-refractivity contribution is 5.75. The summed E-state index contributed by atoms with van der Waals surface area (Å²) in [6, 6.07) is 2.19. The summed E-state index contributed by atoms with van der Waals surface area (Å²) in [5.74, 6) is -0.183. The first-order valence-electron chi connectivity index (χ1n) is 6.54. The molecule has 18 heavy (non-hydrogen) atoms. The summed E-state index contributed by atoms with van der Waals surface area (Å²) < 4.78 is 6.98. The monoisotopic (exact) mass is 251 g/mol. The summed E-state index contributed by atoms with van der Waals surface area (Å²) in [5, 5.41) is 7.71. The maximum Gasteiger partial charge on any atom is 0.325 e. The topological polar surface area (TPSA) is 56.2 Å². The number of ether oxygens (including phenoxy) is 1. The Morgan fingerprint density at radius 1 is 1.61 bits per heavy atom. The van der Waals surface area contributed by atoms with Gasteiger partial charge >= 0.3 is 5.97 Å². The van der Waals surface area contributed by atoms with Crippen molar-refractivity contribution in [1.29, 1.82) is 0 Å². The van der Waals surface area contributed by atoms with Crippen molar-refractivity contribution in [2.45, 2.75) is 52.2 Å². The molecule has 1 aromatic heterocycles. The number of hydrogen-bond donors (Lipinski definition) is 1. The van der Waals surface area contributed by atoms with Crippen LogP contribution in [0.4, 0.5) is 0 Å². The highest BCUT2D eigenvalue weighted by Gasteiger charge is 2.29. The van der Waals surface area contributed by atoms with E-state index >= 15 is 0 Å². The summed E-state index contributed by atoms with van der Waals surface area (Å²) in [6.45, 7) is 6.74. The number of carbonyl (C=O) groups excluding carboxylic acids is 1. The van der Waals surface area contributed by atoms with Gasteiger partial charge in [0.1, 0.15) is 6.04 Å². The van der Waals surface area contributed by atoms with E-state index < -0.39 is 0 Å². The predicted octanol–water partition coefficient (Wildman–Crippen LogP) is 1.18. The summed E-state index contributed by atoms with van der Waals surface area (Å²) >= 11 is 0. The lowest BCUT2D eigenvalue weighted by atomic mass is 10.3. The third-order valence-electron chi connectivity index (χ3n) is 3.04. The molecule has 100 valence electrons. The molecule has 1 atom stereocenters. The molecule has 1 N–H and O–H groups in total. The molecule has 1 heterocycles. The predicted molar refractivity (Wildman–Crippen MR) is 68.3 cm³/mol. The van der Waals surface area contributed by atoms with Crippen molar-refractivity contribution < 1.29 is 9.53 Å². The second kappa shape index (κ2) is 5.52. The van der Waals surface area contributed by atoms with Gasteiger partial charge in [-0.2, -0.15) is 5.10 Å². The van der Waals surface area contributed by atoms with Crippen molar-refractivity contribution in [3.63, 3.8) is 0 Å². The fraction of sp³-hybridized carbons (Fsp3) is 0.692. The number of nitrogens with one attached hydrogen (secondary N) is 1. The molecule has 0 spiro atoms. The molecule has 0 aliphatic heterocycles. The maximum absolute atomic E-state index is 11.9. The Balaban J connectivity index is 2.03. The van der Waals surface area contributed by atoms with Crippen LogP contribution < -0.4 is 5.32 Å². The zero-order chi connectivity index (χ0) is 13.1. The van der Waals surface area contributed by atoms with Gasteiger partial charge in [0, 0.05) is 11.7 Å². The lowest BCUT2D eigenvalue weighted by Crippen LogP contribution is -2.43. The summed E-state index contributed by atoms with van der Waals surface area (Å²) in [6.07, 6.45) is 2.29. The molecule has 0 saturated heterocycles. The number of nitrogens with zero attached hydrogens (tertiary/aromatic N) is 2. The molecular weight excluding hydrogens is 230 g/mol. The smallest absolute Gasteiger partial charge is 0.325 e. The van der Waals surface area contributed by atoms with Crippen LogP contribution in [0.15, 0.2) is 6.07 Å². The number of esters is 1. The van der Waals surface area contributed by atoms with Crippen LogP contribution in [-0.2, 0) is 16.1 Å². The zero-order valence-electron chi connectivity index (χ0n) is 11.3. The van der Waals surface area contributed by atoms with Gasteiger partial charge in [-0.3, -0.25) is 9.48 Å². The third-order valence-corrected chi connectivity index (χ3v) is 3.04. The second-order valence-corrected chi connectivity index (χ2v) is 4.85. The number of hydrogen-bond acceptors (Lipinski definition) is 4. The van der Waals surface area contributed by atoms with Crippen molar-refractivity contribution in [1.82, 2.24) is 15.1 Å². The van der Waals surface area contributed by atoms with E-state index in [1.807, 2.05) is 31.5 Å². The molecule has 0 radical (unpaired) electrons. The molecule has 0 amide bonds. The van der Waals surface area contributed by atoms with Crippen LogP contribution >= 0.6 is 0 Å². The molecule has 2 rings (SSSR count). The highest BCUT2D eigenvalue weighted by Crippen LogP contribution is 2.20. The Morgan fingerprint density at radius 3 is 2.83 bits per heavy atom. The summed E-state index contributed by atoms with van der Waals surface area (Å²) in [7, 11) is 0. The van der Waals surface area contributed by atoms with Crippen LogP contribution in [0.1, 0.15) is 31.2 Å². The van der Waals surface area contributed by atoms with E-state index in [-0.39, 0.29) is 12.0 Å². The van der Waals surface area contributed by atoms with E-state index in [2.05, 4.69) is 10.4 Å². The standard InChI is InChI=1S/C13H21N3O2/c1-4-18-13(17)12(14-11-5-6-11)8-16-10(3)7-9(2)15-16/h7,11-12,14H,4-6,8H2,1-3H3. The summed E-state index contributed by atoms with van der Waals surface area (Å²) in [5.41, 5.74) is 2.04. The molecule has 1 aromatic rings. The third kappa shape index (κ3) is 3.32. The number of aryl methyl sites for hydroxylation is 2. The van der Waals surface area contributed by atoms with Gasteiger partial charge in [0.15, 0.2) is 0 Å². The Bertz CT molecular complexity index is 424. The van der Waals surface area contributed by atoms with E-state index in [1.54, 1.807) is 0 Å². The van der Waals surface area contributed by atoms with Crippen LogP contribution in [0.2, 0.25) is 0 Å². The first kappa shape index (κ1) is 13.1. The quantitative estimate of drug-likeness (QED) is 0.771. The Labute approximate surface area is 108 Å². The van der Waals surface area contributed by atoms with Crippen LogP contribution in [0.5, 0.6) is 0 Å². The van der Waals surface area contributed by atoms with Crippen LogP contribution in [0.3, 0.4) is 0 Å². The van der Waals surface area contributed by atoms with Crippen LogP contribution in [-0.4, -0.2) is 34.4 Å². The van der Waals surface area contributed by atoms with Crippen LogP contribution in [0.25, 0.3) is 0 Å². The molecule has 1 aliphatic rings. The van der Waals surface area contributed by atoms with E-state index in [0.717, 1.165) is 24.2 Å². The van der Waals surface area contributed by atoms with Crippen molar-refractivity contribution in [3.05, 3.63) is 17.5 Å². The lowest BCUT2D eigenvalue weighted by Gasteiger charge is -2.17. The first-order valence-corrected chi connectivity index (χ1v) is 6.54. The van der Waals surface area contributed by atoms with Gasteiger partial charge in [0.25, 0.3) is 0 Å². The molecule has 1 unspecified atom stereocenters. The average molecular weight is 251 g/mol. The minimum Gasteiger partial charge on any atom is -0.465 e. The van der Waals surface area contributed by atoms with Gasteiger partial charge in [-0.05, 0) is 39.7 Å². The number of rotatable bonds is 6. The SMILES string of the molecule is CCOC(=O)C(Cn1nc(C)cc1C)NC1CC1. The number of carbonyl (C=O) groups is 1. The fourth-order valence-corrected chi connectivity index (χ4v) is 2.01. The van der Waals surface area contributed by atoms with E-state index in [1.165, 1.54) is 0 Å². The first-order chi connectivity index (χ1) is 8.60. The minimum absolute atomic E-state index is 0.183. The van der Waals surface area contributed by atoms with E-state index in [9.17, 15) is 4.79 Å². The van der Waals surface area contributed by atoms with Gasteiger partial charge in [0.2, 0.25) is 0 Å². The largest absolute Gasteiger partial charge is 0.465 e. The lowest BCUT2D eigenvalue weighted by molar-refractivity contribution is -0.146. The molecule has 0 aromatic carbocycles. The van der Waals surface area contributed by atoms with Gasteiger partial charge in [0.05, 0.1) is 18.8 Å². The molecule has 5 nitrogen and oxygen atoms in total. The summed E-state index contributed by atoms with van der Waals surface area (Å²) in [4.78, 5) is 11.9. The minimum atomic E-state index is -0.296. The van der Waals surface area contributed by atoms with Gasteiger partial charge < -0.3 is 10.1 Å². The van der Waals surface area contributed by atoms with Crippen molar-refractivity contribution in [2.75, 3.05) is 6.61 Å². The molecule has 1 saturated carbocycles. The van der Waals surface area contributed by atoms with Crippen molar-refractivity contribution in [3.8, 4) is 0 Å². The van der Waals surface area contributed by atoms with E-state index in [0.29, 0.717) is 19.2 Å². The Morgan fingerprint density at radius 2 is 2.33 bits per heavy atom. The van der Waals surface area contributed by atoms with Crippen molar-refractivity contribution >= 4 is 5.97 Å². The Hall–Kier alpha value is -1.36. The van der Waals surface area contributed by atoms with Gasteiger partial charge in [-0.15, -0.1) is 0 Å². The molecule has 1 aliphatic carbocycles. The fourth-order valence-electron chi connectivity index (χ4n) is 2.01. The second-order valence-electron chi connectivity index (χ2n) is 4.85. The van der Waals surface area contributed by atoms with E-state index in [4.69, 9.17) is 4.74 Å². The normalized spacial score (nSPS) is 16.6. The molecular formula is C13H21N3O2. The van der Waals surface area contributed by atoms with Crippen molar-refractivity contribution in [2.24, 2.45) is 0 Å². The molecule has 1 fully saturated rings. The average Bonchev–Trinajstić information content (AvgIpc) is 3.05. The maximum atomic E-state index is 11.9. The zero-order valence-corrected chi connectivity index (χ0v) is 11.3. The van der Waals surface area contributed by atoms with Gasteiger partial charge in [-0.25, -0.2) is 0 Å². The number of aromatic nitrogens is 2. The molecule has 5 heteroatoms. The highest BCUT2D eigenvalue weighted by atomic mass is 16.5. The Kier molecular flexibility index (Phi) is 4.01.